The average molecular weight is 405 g/mol. The first kappa shape index (κ1) is 19.3. The second-order valence-electron chi connectivity index (χ2n) is 7.01. The van der Waals surface area contributed by atoms with Gasteiger partial charge in [0, 0.05) is 14.1 Å². The number of urea groups is 1. The van der Waals surface area contributed by atoms with Crippen LogP contribution in [-0.4, -0.2) is 69.6 Å². The van der Waals surface area contributed by atoms with Gasteiger partial charge < -0.3 is 5.11 Å². The standard InChI is InChI=1S/C21H20N6O3/c1-25-18-17(19(29)26(2)21(25)30)27(13-14-7-4-3-5-8-14)20(23-18)24-22-12-15-9-6-10-16(28)11-15/h3-12,17,28H,13H2,1-2H3/p+1/b22-12+. The number of carbonyl (C=O) groups excluding carboxylic acids is 2. The molecule has 152 valence electrons. The number of imide groups is 1. The summed E-state index contributed by atoms with van der Waals surface area (Å²) in [5.74, 6) is 0.507. The lowest BCUT2D eigenvalue weighted by atomic mass is 10.1. The molecule has 2 aliphatic heterocycles. The van der Waals surface area contributed by atoms with E-state index in [4.69, 9.17) is 0 Å². The molecule has 9 nitrogen and oxygen atoms in total. The average Bonchev–Trinajstić information content (AvgIpc) is 3.10. The SMILES string of the molecule is CN1C(=O)C2C(=NC(N/N=C/c3cccc(O)c3)=[N+]2Cc2ccccc2)N(C)C1=O. The van der Waals surface area contributed by atoms with Crippen molar-refractivity contribution >= 4 is 29.9 Å². The minimum absolute atomic E-state index is 0.137. The predicted octanol–water partition coefficient (Wildman–Crippen LogP) is 1.19. The number of fused-ring (bicyclic) bond motifs is 1. The maximum Gasteiger partial charge on any atom is 0.414 e. The molecule has 1 atom stereocenters. The number of phenolic OH excluding ortho intramolecular Hbond substituents is 1. The number of hydrazone groups is 1. The molecule has 2 aliphatic rings. The lowest BCUT2D eigenvalue weighted by Crippen LogP contribution is -2.61. The Kier molecular flexibility index (Phi) is 5.01. The molecule has 0 bridgehead atoms. The Hall–Kier alpha value is -4.01. The fourth-order valence-corrected chi connectivity index (χ4v) is 3.40. The summed E-state index contributed by atoms with van der Waals surface area (Å²) in [7, 11) is 3.06. The van der Waals surface area contributed by atoms with Crippen LogP contribution in [0.15, 0.2) is 64.7 Å². The van der Waals surface area contributed by atoms with Crippen LogP contribution >= 0.6 is 0 Å². The summed E-state index contributed by atoms with van der Waals surface area (Å²) in [5.41, 5.74) is 4.57. The molecule has 3 amide bonds. The van der Waals surface area contributed by atoms with Crippen molar-refractivity contribution in [2.75, 3.05) is 14.1 Å². The van der Waals surface area contributed by atoms with E-state index in [0.717, 1.165) is 10.5 Å². The third-order valence-corrected chi connectivity index (χ3v) is 4.97. The van der Waals surface area contributed by atoms with Gasteiger partial charge in [-0.2, -0.15) is 5.43 Å². The van der Waals surface area contributed by atoms with Crippen LogP contribution < -0.4 is 5.43 Å². The van der Waals surface area contributed by atoms with Crippen LogP contribution in [0.2, 0.25) is 0 Å². The maximum absolute atomic E-state index is 12.9. The summed E-state index contributed by atoms with van der Waals surface area (Å²) in [6.07, 6.45) is 1.54. The van der Waals surface area contributed by atoms with Crippen LogP contribution in [0.1, 0.15) is 11.1 Å². The Morgan fingerprint density at radius 3 is 2.63 bits per heavy atom. The summed E-state index contributed by atoms with van der Waals surface area (Å²) >= 11 is 0. The molecule has 1 unspecified atom stereocenters. The second kappa shape index (κ2) is 7.78. The van der Waals surface area contributed by atoms with Crippen LogP contribution in [0.4, 0.5) is 4.79 Å². The number of amides is 3. The minimum atomic E-state index is -0.726. The first-order valence-corrected chi connectivity index (χ1v) is 9.35. The normalized spacial score (nSPS) is 18.9. The summed E-state index contributed by atoms with van der Waals surface area (Å²) in [5, 5.41) is 13.8. The summed E-state index contributed by atoms with van der Waals surface area (Å²) in [4.78, 5) is 32.2. The Bertz CT molecular complexity index is 1090. The van der Waals surface area contributed by atoms with Gasteiger partial charge in [0.15, 0.2) is 0 Å². The summed E-state index contributed by atoms with van der Waals surface area (Å²) in [6.45, 7) is 0.407. The van der Waals surface area contributed by atoms with Crippen molar-refractivity contribution in [3.63, 3.8) is 0 Å². The van der Waals surface area contributed by atoms with E-state index in [1.807, 2.05) is 30.3 Å². The van der Waals surface area contributed by atoms with Crippen LogP contribution in [0.3, 0.4) is 0 Å². The van der Waals surface area contributed by atoms with E-state index in [0.29, 0.717) is 23.9 Å². The van der Waals surface area contributed by atoms with Gasteiger partial charge in [0.1, 0.15) is 5.75 Å². The number of rotatable bonds is 4. The number of aliphatic imine (C=N–C) groups is 1. The highest BCUT2D eigenvalue weighted by atomic mass is 16.3. The van der Waals surface area contributed by atoms with E-state index in [1.54, 1.807) is 42.1 Å². The highest BCUT2D eigenvalue weighted by molar-refractivity contribution is 6.22. The van der Waals surface area contributed by atoms with Crippen molar-refractivity contribution in [2.24, 2.45) is 10.1 Å². The van der Waals surface area contributed by atoms with Crippen molar-refractivity contribution in [2.45, 2.75) is 12.6 Å². The van der Waals surface area contributed by atoms with Crippen LogP contribution in [0.5, 0.6) is 5.75 Å². The van der Waals surface area contributed by atoms with Gasteiger partial charge >= 0.3 is 12.0 Å². The lowest BCUT2D eigenvalue weighted by molar-refractivity contribution is -0.553. The molecule has 2 heterocycles. The monoisotopic (exact) mass is 405 g/mol. The van der Waals surface area contributed by atoms with Gasteiger partial charge in [-0.15, -0.1) is 5.10 Å². The molecule has 1 saturated heterocycles. The number of aromatic hydroxyl groups is 1. The Morgan fingerprint density at radius 1 is 1.13 bits per heavy atom. The molecule has 4 rings (SSSR count). The number of nitrogens with zero attached hydrogens (tertiary/aromatic N) is 5. The molecule has 0 aromatic heterocycles. The molecule has 0 saturated carbocycles. The molecule has 9 heteroatoms. The Morgan fingerprint density at radius 2 is 1.90 bits per heavy atom. The molecule has 1 fully saturated rings. The van der Waals surface area contributed by atoms with Crippen molar-refractivity contribution in [1.82, 2.24) is 15.2 Å². The summed E-state index contributed by atoms with van der Waals surface area (Å²) < 4.78 is 1.78. The van der Waals surface area contributed by atoms with Crippen LogP contribution in [-0.2, 0) is 11.3 Å². The molecule has 0 spiro atoms. The number of nitrogens with one attached hydrogen (secondary N) is 1. The van der Waals surface area contributed by atoms with E-state index in [1.165, 1.54) is 11.9 Å². The third kappa shape index (κ3) is 3.52. The first-order chi connectivity index (χ1) is 14.5. The summed E-state index contributed by atoms with van der Waals surface area (Å²) in [6, 6.07) is 15.2. The zero-order valence-corrected chi connectivity index (χ0v) is 16.6. The minimum Gasteiger partial charge on any atom is -0.508 e. The zero-order valence-electron chi connectivity index (χ0n) is 16.6. The number of hydrogen-bond donors (Lipinski definition) is 2. The van der Waals surface area contributed by atoms with E-state index in [2.05, 4.69) is 15.5 Å². The van der Waals surface area contributed by atoms with E-state index < -0.39 is 12.1 Å². The first-order valence-electron chi connectivity index (χ1n) is 9.35. The number of hydrogen-bond acceptors (Lipinski definition) is 6. The van der Waals surface area contributed by atoms with Gasteiger partial charge in [0.05, 0.1) is 12.8 Å². The number of amidine groups is 1. The van der Waals surface area contributed by atoms with Crippen molar-refractivity contribution in [3.05, 3.63) is 65.7 Å². The Labute approximate surface area is 173 Å². The van der Waals surface area contributed by atoms with Gasteiger partial charge in [-0.05, 0) is 23.3 Å². The Balaban J connectivity index is 1.68. The van der Waals surface area contributed by atoms with Crippen molar-refractivity contribution in [3.8, 4) is 5.75 Å². The largest absolute Gasteiger partial charge is 0.508 e. The molecule has 30 heavy (non-hydrogen) atoms. The molecule has 2 N–H and O–H groups in total. The highest BCUT2D eigenvalue weighted by Crippen LogP contribution is 2.20. The zero-order chi connectivity index (χ0) is 21.3. The smallest absolute Gasteiger partial charge is 0.414 e. The van der Waals surface area contributed by atoms with Gasteiger partial charge in [-0.25, -0.2) is 9.37 Å². The molecule has 2 aromatic rings. The van der Waals surface area contributed by atoms with Crippen LogP contribution in [0.25, 0.3) is 0 Å². The van der Waals surface area contributed by atoms with E-state index in [-0.39, 0.29) is 11.7 Å². The van der Waals surface area contributed by atoms with Gasteiger partial charge in [0.2, 0.25) is 11.9 Å². The van der Waals surface area contributed by atoms with E-state index >= 15 is 0 Å². The fourth-order valence-electron chi connectivity index (χ4n) is 3.40. The molecular formula is C21H21N6O3+. The number of likely N-dealkylation sites (N-methyl/N-ethyl adjacent to an activating group) is 2. The second-order valence-corrected chi connectivity index (χ2v) is 7.01. The highest BCUT2D eigenvalue weighted by Gasteiger charge is 2.51. The fraction of sp³-hybridized carbons (Fsp3) is 0.190. The molecule has 0 radical (unpaired) electrons. The molecule has 2 aromatic carbocycles. The van der Waals surface area contributed by atoms with Gasteiger partial charge in [-0.3, -0.25) is 14.6 Å². The number of guanidine groups is 1. The van der Waals surface area contributed by atoms with Crippen LogP contribution in [0, 0.1) is 0 Å². The molecular weight excluding hydrogens is 384 g/mol. The van der Waals surface area contributed by atoms with E-state index in [9.17, 15) is 14.7 Å². The van der Waals surface area contributed by atoms with Crippen molar-refractivity contribution < 1.29 is 19.3 Å². The quantitative estimate of drug-likeness (QED) is 0.453. The number of carbonyl (C=O) groups is 2. The lowest BCUT2D eigenvalue weighted by Gasteiger charge is -2.31. The molecule has 0 aliphatic carbocycles. The maximum atomic E-state index is 12.9. The third-order valence-electron chi connectivity index (χ3n) is 4.97. The predicted molar refractivity (Wildman–Crippen MR) is 111 cm³/mol. The van der Waals surface area contributed by atoms with Crippen molar-refractivity contribution in [1.29, 1.82) is 0 Å². The number of phenols is 1. The van der Waals surface area contributed by atoms with Gasteiger partial charge in [-0.1, -0.05) is 47.5 Å². The van der Waals surface area contributed by atoms with Gasteiger partial charge in [0.25, 0.3) is 5.91 Å². The topological polar surface area (TPSA) is 101 Å². The number of benzene rings is 2.